The average molecular weight is 277 g/mol. The summed E-state index contributed by atoms with van der Waals surface area (Å²) in [5, 5.41) is 11.4. The highest BCUT2D eigenvalue weighted by Crippen LogP contribution is 2.21. The number of hydrogen-bond acceptors (Lipinski definition) is 4. The van der Waals surface area contributed by atoms with Gasteiger partial charge < -0.3 is 15.7 Å². The Hall–Kier alpha value is -1.99. The van der Waals surface area contributed by atoms with E-state index in [0.717, 1.165) is 0 Å². The number of amidine groups is 1. The maximum Gasteiger partial charge on any atom is 0.389 e. The molecule has 0 saturated heterocycles. The minimum Gasteiger partial charge on any atom is -0.478 e. The number of nitrogens with two attached hydrogens (primary N) is 1. The van der Waals surface area contributed by atoms with E-state index in [-0.39, 0.29) is 24.7 Å². The van der Waals surface area contributed by atoms with Crippen LogP contribution in [0.1, 0.15) is 24.1 Å². The van der Waals surface area contributed by atoms with Crippen LogP contribution in [0, 0.1) is 6.92 Å². The largest absolute Gasteiger partial charge is 0.478 e. The second-order valence-corrected chi connectivity index (χ2v) is 3.89. The highest BCUT2D eigenvalue weighted by Gasteiger charge is 2.26. The van der Waals surface area contributed by atoms with Crippen LogP contribution in [0.2, 0.25) is 0 Å². The molecule has 0 aliphatic rings. The van der Waals surface area contributed by atoms with Crippen LogP contribution in [-0.4, -0.2) is 28.8 Å². The second kappa shape index (κ2) is 6.26. The van der Waals surface area contributed by atoms with Crippen LogP contribution in [0.3, 0.4) is 0 Å². The molecule has 0 saturated carbocycles. The number of rotatable bonds is 5. The lowest BCUT2D eigenvalue weighted by Crippen LogP contribution is -2.14. The molecule has 0 aliphatic carbocycles. The minimum absolute atomic E-state index is 0.106. The molecule has 0 amide bonds. The summed E-state index contributed by atoms with van der Waals surface area (Å²) in [6.07, 6.45) is -5.26. The van der Waals surface area contributed by atoms with Crippen LogP contribution < -0.4 is 10.5 Å². The lowest BCUT2D eigenvalue weighted by molar-refractivity contribution is -0.136. The van der Waals surface area contributed by atoms with E-state index in [4.69, 9.17) is 15.7 Å². The van der Waals surface area contributed by atoms with Gasteiger partial charge in [-0.05, 0) is 19.4 Å². The van der Waals surface area contributed by atoms with Gasteiger partial charge in [0.1, 0.15) is 0 Å². The van der Waals surface area contributed by atoms with Crippen molar-refractivity contribution in [3.05, 3.63) is 23.4 Å². The fraction of sp³-hybridized carbons (Fsp3) is 0.455. The van der Waals surface area contributed by atoms with Gasteiger partial charge in [0.2, 0.25) is 5.88 Å². The van der Waals surface area contributed by atoms with E-state index >= 15 is 0 Å². The Morgan fingerprint density at radius 3 is 2.74 bits per heavy atom. The van der Waals surface area contributed by atoms with Gasteiger partial charge in [0.05, 0.1) is 6.61 Å². The van der Waals surface area contributed by atoms with Crippen molar-refractivity contribution < 1.29 is 23.1 Å². The van der Waals surface area contributed by atoms with Crippen molar-refractivity contribution in [2.24, 2.45) is 10.9 Å². The van der Waals surface area contributed by atoms with Crippen LogP contribution in [-0.2, 0) is 0 Å². The fourth-order valence-electron chi connectivity index (χ4n) is 1.37. The van der Waals surface area contributed by atoms with Crippen molar-refractivity contribution in [3.8, 4) is 5.88 Å². The number of halogens is 3. The van der Waals surface area contributed by atoms with Gasteiger partial charge in [0.15, 0.2) is 5.84 Å². The molecule has 3 N–H and O–H groups in total. The fourth-order valence-corrected chi connectivity index (χ4v) is 1.37. The molecule has 0 bridgehead atoms. The van der Waals surface area contributed by atoms with Gasteiger partial charge in [0.25, 0.3) is 0 Å². The maximum atomic E-state index is 11.9. The number of aromatic nitrogens is 1. The van der Waals surface area contributed by atoms with E-state index in [1.54, 1.807) is 13.0 Å². The summed E-state index contributed by atoms with van der Waals surface area (Å²) in [7, 11) is 0. The number of hydrogen-bond donors (Lipinski definition) is 2. The first-order chi connectivity index (χ1) is 8.81. The Kier molecular flexibility index (Phi) is 4.96. The molecule has 8 heteroatoms. The zero-order valence-corrected chi connectivity index (χ0v) is 10.2. The highest BCUT2D eigenvalue weighted by atomic mass is 19.4. The monoisotopic (exact) mass is 277 g/mol. The van der Waals surface area contributed by atoms with E-state index in [1.807, 2.05) is 0 Å². The SMILES string of the molecule is Cc1cc(/C(N)=N/O)cc(OCCCC(F)(F)F)n1. The quantitative estimate of drug-likeness (QED) is 0.284. The van der Waals surface area contributed by atoms with Gasteiger partial charge in [-0.2, -0.15) is 13.2 Å². The first kappa shape index (κ1) is 15.1. The Morgan fingerprint density at radius 1 is 1.47 bits per heavy atom. The first-order valence-corrected chi connectivity index (χ1v) is 5.48. The summed E-state index contributed by atoms with van der Waals surface area (Å²) < 4.78 is 40.9. The average Bonchev–Trinajstić information content (AvgIpc) is 2.32. The van der Waals surface area contributed by atoms with E-state index in [1.165, 1.54) is 6.07 Å². The number of pyridine rings is 1. The third kappa shape index (κ3) is 5.45. The normalized spacial score (nSPS) is 12.5. The third-order valence-electron chi connectivity index (χ3n) is 2.19. The van der Waals surface area contributed by atoms with Crippen molar-refractivity contribution >= 4 is 5.84 Å². The summed E-state index contributed by atoms with van der Waals surface area (Å²) in [4.78, 5) is 3.99. The zero-order valence-electron chi connectivity index (χ0n) is 10.2. The third-order valence-corrected chi connectivity index (χ3v) is 2.19. The van der Waals surface area contributed by atoms with Crippen molar-refractivity contribution in [1.82, 2.24) is 4.98 Å². The minimum atomic E-state index is -4.19. The van der Waals surface area contributed by atoms with Crippen LogP contribution in [0.5, 0.6) is 5.88 Å². The van der Waals surface area contributed by atoms with Gasteiger partial charge in [-0.3, -0.25) is 0 Å². The molecule has 19 heavy (non-hydrogen) atoms. The van der Waals surface area contributed by atoms with Crippen LogP contribution in [0.4, 0.5) is 13.2 Å². The zero-order chi connectivity index (χ0) is 14.5. The Labute approximate surface area is 107 Å². The molecular weight excluding hydrogens is 263 g/mol. The van der Waals surface area contributed by atoms with Crippen molar-refractivity contribution in [2.45, 2.75) is 25.9 Å². The molecule has 0 atom stereocenters. The van der Waals surface area contributed by atoms with E-state index in [0.29, 0.717) is 11.3 Å². The molecule has 1 aromatic rings. The Morgan fingerprint density at radius 2 is 2.16 bits per heavy atom. The van der Waals surface area contributed by atoms with E-state index < -0.39 is 12.6 Å². The lowest BCUT2D eigenvalue weighted by atomic mass is 10.2. The summed E-state index contributed by atoms with van der Waals surface area (Å²) in [5.41, 5.74) is 6.35. The molecule has 5 nitrogen and oxygen atoms in total. The summed E-state index contributed by atoms with van der Waals surface area (Å²) in [6.45, 7) is 1.56. The van der Waals surface area contributed by atoms with Crippen molar-refractivity contribution in [3.63, 3.8) is 0 Å². The van der Waals surface area contributed by atoms with Crippen LogP contribution in [0.25, 0.3) is 0 Å². The Bertz CT molecular complexity index is 461. The molecule has 106 valence electrons. The number of alkyl halides is 3. The number of ether oxygens (including phenoxy) is 1. The molecule has 1 aromatic heterocycles. The van der Waals surface area contributed by atoms with Gasteiger partial charge in [0, 0.05) is 23.7 Å². The van der Waals surface area contributed by atoms with Gasteiger partial charge >= 0.3 is 6.18 Å². The highest BCUT2D eigenvalue weighted by molar-refractivity contribution is 5.97. The predicted molar refractivity (Wildman–Crippen MR) is 62.3 cm³/mol. The van der Waals surface area contributed by atoms with Crippen LogP contribution in [0.15, 0.2) is 17.3 Å². The van der Waals surface area contributed by atoms with Gasteiger partial charge in [-0.25, -0.2) is 4.98 Å². The summed E-state index contributed by atoms with van der Waals surface area (Å²) in [6, 6.07) is 2.97. The van der Waals surface area contributed by atoms with E-state index in [9.17, 15) is 13.2 Å². The van der Waals surface area contributed by atoms with Gasteiger partial charge in [-0.15, -0.1) is 0 Å². The maximum absolute atomic E-state index is 11.9. The smallest absolute Gasteiger partial charge is 0.389 e. The van der Waals surface area contributed by atoms with Gasteiger partial charge in [-0.1, -0.05) is 5.16 Å². The standard InChI is InChI=1S/C11H14F3N3O2/c1-7-5-8(10(15)17-18)6-9(16-7)19-4-2-3-11(12,13)14/h5-6,18H,2-4H2,1H3,(H2,15,17). The summed E-state index contributed by atoms with van der Waals surface area (Å²) in [5.74, 6) is 0.0226. The van der Waals surface area contributed by atoms with Crippen molar-refractivity contribution in [2.75, 3.05) is 6.61 Å². The summed E-state index contributed by atoms with van der Waals surface area (Å²) >= 11 is 0. The molecule has 0 aromatic carbocycles. The molecule has 1 heterocycles. The molecule has 0 fully saturated rings. The number of oxime groups is 1. The molecule has 0 unspecified atom stereocenters. The topological polar surface area (TPSA) is 80.7 Å². The van der Waals surface area contributed by atoms with Crippen LogP contribution >= 0.6 is 0 Å². The Balaban J connectivity index is 2.62. The first-order valence-electron chi connectivity index (χ1n) is 5.48. The molecule has 0 aliphatic heterocycles. The van der Waals surface area contributed by atoms with E-state index in [2.05, 4.69) is 10.1 Å². The number of aryl methyl sites for hydroxylation is 1. The number of nitrogens with zero attached hydrogens (tertiary/aromatic N) is 2. The lowest BCUT2D eigenvalue weighted by Gasteiger charge is -2.09. The molecule has 0 radical (unpaired) electrons. The molecule has 1 rings (SSSR count). The van der Waals surface area contributed by atoms with Crippen molar-refractivity contribution in [1.29, 1.82) is 0 Å². The molecular formula is C11H14F3N3O2. The molecule has 0 spiro atoms. The second-order valence-electron chi connectivity index (χ2n) is 3.89. The predicted octanol–water partition coefficient (Wildman–Crippen LogP) is 2.21.